The summed E-state index contributed by atoms with van der Waals surface area (Å²) in [5, 5.41) is 14.9. The fourth-order valence-corrected chi connectivity index (χ4v) is 5.13. The summed E-state index contributed by atoms with van der Waals surface area (Å²) in [6, 6.07) is 7.13. The molecule has 0 unspecified atom stereocenters. The van der Waals surface area contributed by atoms with E-state index in [1.54, 1.807) is 25.1 Å². The molecule has 1 aromatic heterocycles. The van der Waals surface area contributed by atoms with Crippen molar-refractivity contribution in [2.45, 2.75) is 27.7 Å². The SMILES string of the molecule is CCO[P+](OCC)(OCC)c1ccccc1N=C(N)c1c(O)c(C)nn(C)c1=O. The third-order valence-electron chi connectivity index (χ3n) is 3.96. The summed E-state index contributed by atoms with van der Waals surface area (Å²) in [5.41, 5.74) is 6.19. The Morgan fingerprint density at radius 3 is 2.28 bits per heavy atom. The average Bonchev–Trinajstić information content (AvgIpc) is 2.67. The molecule has 0 aliphatic heterocycles. The van der Waals surface area contributed by atoms with Crippen LogP contribution in [0.1, 0.15) is 32.0 Å². The standard InChI is InChI=1S/C19H27N4O5P/c1-6-26-29(27-7-2,28-8-3)15-12-10-9-11-14(15)21-18(20)16-17(24)13(4)22-23(5)19(16)25/h9-12H,6-8H2,1-5H3,(H2-,20,21,24,25)/p+1. The van der Waals surface area contributed by atoms with E-state index in [1.165, 1.54) is 7.05 Å². The number of hydrogen-bond donors (Lipinski definition) is 2. The van der Waals surface area contributed by atoms with Gasteiger partial charge in [-0.2, -0.15) is 18.7 Å². The molecule has 0 saturated carbocycles. The van der Waals surface area contributed by atoms with E-state index in [9.17, 15) is 9.90 Å². The lowest BCUT2D eigenvalue weighted by atomic mass is 10.2. The van der Waals surface area contributed by atoms with Gasteiger partial charge in [0.2, 0.25) is 5.30 Å². The van der Waals surface area contributed by atoms with Gasteiger partial charge < -0.3 is 10.8 Å². The first-order chi connectivity index (χ1) is 13.8. The number of aromatic nitrogens is 2. The summed E-state index contributed by atoms with van der Waals surface area (Å²) >= 11 is 0. The first-order valence-corrected chi connectivity index (χ1v) is 10.9. The monoisotopic (exact) mass is 423 g/mol. The lowest BCUT2D eigenvalue weighted by Crippen LogP contribution is -2.31. The normalized spacial score (nSPS) is 12.4. The lowest BCUT2D eigenvalue weighted by molar-refractivity contribution is 0.161. The van der Waals surface area contributed by atoms with Crippen molar-refractivity contribution in [3.63, 3.8) is 0 Å². The highest BCUT2D eigenvalue weighted by atomic mass is 31.2. The third kappa shape index (κ3) is 4.82. The Labute approximate surface area is 170 Å². The number of aryl methyl sites for hydroxylation is 2. The van der Waals surface area contributed by atoms with Crippen molar-refractivity contribution >= 4 is 24.8 Å². The summed E-state index contributed by atoms with van der Waals surface area (Å²) < 4.78 is 18.9. The Kier molecular flexibility index (Phi) is 7.87. The molecule has 2 rings (SSSR count). The molecule has 2 aromatic rings. The molecular formula is C19H28N4O5P+. The average molecular weight is 423 g/mol. The first-order valence-electron chi connectivity index (χ1n) is 9.34. The van der Waals surface area contributed by atoms with E-state index in [1.807, 2.05) is 26.8 Å². The number of amidine groups is 1. The predicted octanol–water partition coefficient (Wildman–Crippen LogP) is 2.33. The van der Waals surface area contributed by atoms with Gasteiger partial charge in [-0.3, -0.25) is 4.79 Å². The van der Waals surface area contributed by atoms with Crippen LogP contribution in [0.15, 0.2) is 34.1 Å². The zero-order chi connectivity index (χ0) is 21.6. The van der Waals surface area contributed by atoms with E-state index in [0.29, 0.717) is 30.8 Å². The van der Waals surface area contributed by atoms with E-state index in [2.05, 4.69) is 10.1 Å². The van der Waals surface area contributed by atoms with Crippen LogP contribution in [-0.2, 0) is 20.6 Å². The Bertz CT molecular complexity index is 928. The van der Waals surface area contributed by atoms with Crippen molar-refractivity contribution in [3.8, 4) is 5.75 Å². The Morgan fingerprint density at radius 2 is 1.72 bits per heavy atom. The van der Waals surface area contributed by atoms with E-state index >= 15 is 0 Å². The van der Waals surface area contributed by atoms with E-state index in [0.717, 1.165) is 4.68 Å². The maximum atomic E-state index is 12.5. The largest absolute Gasteiger partial charge is 0.505 e. The Morgan fingerprint density at radius 1 is 1.17 bits per heavy atom. The van der Waals surface area contributed by atoms with Gasteiger partial charge >= 0.3 is 7.94 Å². The summed E-state index contributed by atoms with van der Waals surface area (Å²) in [7, 11) is -1.42. The van der Waals surface area contributed by atoms with Crippen LogP contribution in [0.3, 0.4) is 0 Å². The highest BCUT2D eigenvalue weighted by Gasteiger charge is 2.49. The molecule has 0 bridgehead atoms. The number of benzene rings is 1. The fraction of sp³-hybridized carbons (Fsp3) is 0.421. The number of nitrogens with two attached hydrogens (primary N) is 1. The van der Waals surface area contributed by atoms with Gasteiger partial charge in [0.15, 0.2) is 5.75 Å². The molecular weight excluding hydrogens is 395 g/mol. The quantitative estimate of drug-likeness (QED) is 0.361. The molecule has 0 saturated heterocycles. The maximum absolute atomic E-state index is 12.5. The number of aromatic hydroxyl groups is 1. The minimum Gasteiger partial charge on any atom is -0.505 e. The second-order valence-electron chi connectivity index (χ2n) is 5.97. The molecule has 10 heteroatoms. The number of aliphatic imine (C=N–C) groups is 1. The number of rotatable bonds is 9. The van der Waals surface area contributed by atoms with Crippen molar-refractivity contribution < 1.29 is 18.7 Å². The van der Waals surface area contributed by atoms with Gasteiger partial charge in [-0.1, -0.05) is 12.1 Å². The van der Waals surface area contributed by atoms with Crippen LogP contribution in [0.25, 0.3) is 0 Å². The van der Waals surface area contributed by atoms with Gasteiger partial charge in [-0.25, -0.2) is 9.67 Å². The molecule has 0 spiro atoms. The van der Waals surface area contributed by atoms with Crippen molar-refractivity contribution in [2.75, 3.05) is 19.8 Å². The van der Waals surface area contributed by atoms with E-state index < -0.39 is 13.5 Å². The highest BCUT2D eigenvalue weighted by Crippen LogP contribution is 2.62. The lowest BCUT2D eigenvalue weighted by Gasteiger charge is -2.21. The van der Waals surface area contributed by atoms with Crippen LogP contribution in [0.5, 0.6) is 5.75 Å². The summed E-state index contributed by atoms with van der Waals surface area (Å²) in [6.45, 7) is 8.29. The van der Waals surface area contributed by atoms with Crippen molar-refractivity contribution in [1.29, 1.82) is 0 Å². The fourth-order valence-electron chi connectivity index (χ4n) is 2.80. The molecule has 1 heterocycles. The van der Waals surface area contributed by atoms with Gasteiger partial charge in [0, 0.05) is 7.05 Å². The first kappa shape index (κ1) is 23.0. The van der Waals surface area contributed by atoms with Crippen LogP contribution >= 0.6 is 7.94 Å². The summed E-state index contributed by atoms with van der Waals surface area (Å²) in [6.07, 6.45) is 0. The van der Waals surface area contributed by atoms with Crippen LogP contribution in [0.2, 0.25) is 0 Å². The van der Waals surface area contributed by atoms with E-state index in [-0.39, 0.29) is 22.8 Å². The summed E-state index contributed by atoms with van der Waals surface area (Å²) in [5.74, 6) is -0.434. The van der Waals surface area contributed by atoms with Gasteiger partial charge in [0.05, 0.1) is 19.8 Å². The molecule has 158 valence electrons. The second kappa shape index (κ2) is 9.93. The third-order valence-corrected chi connectivity index (χ3v) is 6.72. The van der Waals surface area contributed by atoms with Gasteiger partial charge in [-0.15, -0.1) is 0 Å². The minimum absolute atomic E-state index is 0.108. The summed E-state index contributed by atoms with van der Waals surface area (Å²) in [4.78, 5) is 16.9. The van der Waals surface area contributed by atoms with Gasteiger partial charge in [-0.05, 0) is 39.8 Å². The molecule has 0 amide bonds. The topological polar surface area (TPSA) is 121 Å². The molecule has 0 aliphatic rings. The smallest absolute Gasteiger partial charge is 0.450 e. The van der Waals surface area contributed by atoms with E-state index in [4.69, 9.17) is 19.3 Å². The van der Waals surface area contributed by atoms with Crippen molar-refractivity contribution in [2.24, 2.45) is 17.8 Å². The zero-order valence-corrected chi connectivity index (χ0v) is 18.3. The second-order valence-corrected chi connectivity index (χ2v) is 8.23. The van der Waals surface area contributed by atoms with Crippen LogP contribution in [0.4, 0.5) is 5.69 Å². The molecule has 1 aromatic carbocycles. The van der Waals surface area contributed by atoms with Crippen molar-refractivity contribution in [1.82, 2.24) is 9.78 Å². The van der Waals surface area contributed by atoms with Crippen molar-refractivity contribution in [3.05, 3.63) is 45.9 Å². The molecule has 0 radical (unpaired) electrons. The number of nitrogens with zero attached hydrogens (tertiary/aromatic N) is 3. The molecule has 0 aliphatic carbocycles. The minimum atomic E-state index is -2.90. The Balaban J connectivity index is 2.68. The van der Waals surface area contributed by atoms with Crippen LogP contribution in [0, 0.1) is 6.92 Å². The zero-order valence-electron chi connectivity index (χ0n) is 17.4. The van der Waals surface area contributed by atoms with Gasteiger partial charge in [0.25, 0.3) is 5.56 Å². The molecule has 0 fully saturated rings. The highest BCUT2D eigenvalue weighted by molar-refractivity contribution is 7.69. The molecule has 29 heavy (non-hydrogen) atoms. The Hall–Kier alpha value is -2.32. The number of para-hydroxylation sites is 1. The molecule has 3 N–H and O–H groups in total. The van der Waals surface area contributed by atoms with Gasteiger partial charge in [0.1, 0.15) is 22.8 Å². The van der Waals surface area contributed by atoms with Crippen LogP contribution < -0.4 is 16.6 Å². The molecule has 0 atom stereocenters. The molecule has 9 nitrogen and oxygen atoms in total. The predicted molar refractivity (Wildman–Crippen MR) is 114 cm³/mol. The maximum Gasteiger partial charge on any atom is 0.450 e. The number of hydrogen-bond acceptors (Lipinski definition) is 7. The van der Waals surface area contributed by atoms with Crippen LogP contribution in [-0.4, -0.2) is 40.5 Å².